The molecule has 2 saturated heterocycles. The fourth-order valence-electron chi connectivity index (χ4n) is 7.53. The lowest BCUT2D eigenvalue weighted by Crippen LogP contribution is -2.56. The summed E-state index contributed by atoms with van der Waals surface area (Å²) in [6.45, 7) is 9.73. The third-order valence-electron chi connectivity index (χ3n) is 9.95. The first kappa shape index (κ1) is 28.7. The van der Waals surface area contributed by atoms with Crippen LogP contribution in [0.1, 0.15) is 82.9 Å². The Morgan fingerprint density at radius 3 is 2.27 bits per heavy atom. The molecular weight excluding hydrogens is 498 g/mol. The lowest BCUT2D eigenvalue weighted by atomic mass is 9.66. The summed E-state index contributed by atoms with van der Waals surface area (Å²) in [5.41, 5.74) is 1.71. The average Bonchev–Trinajstić information content (AvgIpc) is 3.52. The standard InChI is InChI=1S/C34H47N3O3/c1-25(26-11-10-14-29(23-26)40-4)35-28-15-16-30(33(2,3)24-28)31(38)36-21-17-34(18-22-36,27-12-6-5-7-13-27)32(39)37-19-8-9-20-37/h5-7,10-14,23,25,28,30,35H,8-9,15-22,24H2,1-4H3/t25-,28-,30+/m1/s1. The smallest absolute Gasteiger partial charge is 0.233 e. The largest absolute Gasteiger partial charge is 0.497 e. The zero-order valence-electron chi connectivity index (χ0n) is 24.8. The first-order chi connectivity index (χ1) is 19.2. The Morgan fingerprint density at radius 1 is 0.925 bits per heavy atom. The number of hydrogen-bond donors (Lipinski definition) is 1. The molecule has 2 aliphatic heterocycles. The molecule has 2 aromatic rings. The van der Waals surface area contributed by atoms with Crippen LogP contribution in [0.5, 0.6) is 5.75 Å². The second kappa shape index (κ2) is 11.9. The van der Waals surface area contributed by atoms with Crippen molar-refractivity contribution in [2.24, 2.45) is 11.3 Å². The molecule has 2 aromatic carbocycles. The van der Waals surface area contributed by atoms with Gasteiger partial charge in [-0.05, 0) is 80.5 Å². The zero-order chi connectivity index (χ0) is 28.3. The molecular formula is C34H47N3O3. The summed E-state index contributed by atoms with van der Waals surface area (Å²) in [5, 5.41) is 3.83. The van der Waals surface area contributed by atoms with Crippen molar-refractivity contribution >= 4 is 11.8 Å². The maximum absolute atomic E-state index is 14.0. The van der Waals surface area contributed by atoms with Crippen LogP contribution in [0.15, 0.2) is 54.6 Å². The van der Waals surface area contributed by atoms with Gasteiger partial charge >= 0.3 is 0 Å². The number of benzene rings is 2. The van der Waals surface area contributed by atoms with E-state index in [9.17, 15) is 9.59 Å². The highest BCUT2D eigenvalue weighted by atomic mass is 16.5. The highest BCUT2D eigenvalue weighted by Gasteiger charge is 2.48. The fraction of sp³-hybridized carbons (Fsp3) is 0.588. The Balaban J connectivity index is 1.23. The van der Waals surface area contributed by atoms with E-state index < -0.39 is 5.41 Å². The van der Waals surface area contributed by atoms with E-state index in [0.717, 1.165) is 56.5 Å². The highest BCUT2D eigenvalue weighted by molar-refractivity contribution is 5.89. The molecule has 6 heteroatoms. The van der Waals surface area contributed by atoms with Gasteiger partial charge in [-0.25, -0.2) is 0 Å². The van der Waals surface area contributed by atoms with Crippen molar-refractivity contribution in [1.82, 2.24) is 15.1 Å². The summed E-state index contributed by atoms with van der Waals surface area (Å²) in [6.07, 6.45) is 6.43. The molecule has 2 amide bonds. The van der Waals surface area contributed by atoms with E-state index in [1.165, 1.54) is 5.56 Å². The van der Waals surface area contributed by atoms with Gasteiger partial charge in [0.1, 0.15) is 5.75 Å². The zero-order valence-corrected chi connectivity index (χ0v) is 24.8. The maximum atomic E-state index is 14.0. The predicted molar refractivity (Wildman–Crippen MR) is 159 cm³/mol. The van der Waals surface area contributed by atoms with Gasteiger partial charge in [0.2, 0.25) is 11.8 Å². The van der Waals surface area contributed by atoms with Gasteiger partial charge in [-0.2, -0.15) is 0 Å². The molecule has 1 aliphatic carbocycles. The normalized spacial score (nSPS) is 24.9. The second-order valence-corrected chi connectivity index (χ2v) is 13.0. The molecule has 3 atom stereocenters. The number of hydrogen-bond acceptors (Lipinski definition) is 4. The number of carbonyl (C=O) groups excluding carboxylic acids is 2. The van der Waals surface area contributed by atoms with Gasteiger partial charge < -0.3 is 19.9 Å². The van der Waals surface area contributed by atoms with Crippen molar-refractivity contribution in [2.45, 2.75) is 83.2 Å². The Morgan fingerprint density at radius 2 is 1.62 bits per heavy atom. The van der Waals surface area contributed by atoms with Crippen LogP contribution in [0.4, 0.5) is 0 Å². The molecule has 0 radical (unpaired) electrons. The number of likely N-dealkylation sites (tertiary alicyclic amines) is 2. The van der Waals surface area contributed by atoms with E-state index >= 15 is 0 Å². The van der Waals surface area contributed by atoms with E-state index in [4.69, 9.17) is 4.74 Å². The van der Waals surface area contributed by atoms with Crippen LogP contribution in [0.3, 0.4) is 0 Å². The molecule has 0 spiro atoms. The van der Waals surface area contributed by atoms with Gasteiger partial charge in [-0.3, -0.25) is 9.59 Å². The molecule has 216 valence electrons. The third-order valence-corrected chi connectivity index (χ3v) is 9.95. The van der Waals surface area contributed by atoms with Crippen molar-refractivity contribution in [3.05, 3.63) is 65.7 Å². The van der Waals surface area contributed by atoms with Gasteiger partial charge in [0.15, 0.2) is 0 Å². The van der Waals surface area contributed by atoms with Crippen molar-refractivity contribution in [3.63, 3.8) is 0 Å². The van der Waals surface area contributed by atoms with E-state index in [1.807, 2.05) is 30.3 Å². The van der Waals surface area contributed by atoms with Crippen LogP contribution in [0.25, 0.3) is 0 Å². The van der Waals surface area contributed by atoms with Gasteiger partial charge in [0, 0.05) is 44.2 Å². The molecule has 1 saturated carbocycles. The van der Waals surface area contributed by atoms with Crippen molar-refractivity contribution in [3.8, 4) is 5.75 Å². The summed E-state index contributed by atoms with van der Waals surface area (Å²) in [4.78, 5) is 32.0. The van der Waals surface area contributed by atoms with Crippen LogP contribution in [-0.4, -0.2) is 60.9 Å². The third kappa shape index (κ3) is 5.79. The van der Waals surface area contributed by atoms with Crippen LogP contribution in [0.2, 0.25) is 0 Å². The molecule has 0 bridgehead atoms. The van der Waals surface area contributed by atoms with E-state index in [1.54, 1.807) is 7.11 Å². The predicted octanol–water partition coefficient (Wildman–Crippen LogP) is 5.72. The highest BCUT2D eigenvalue weighted by Crippen LogP contribution is 2.44. The summed E-state index contributed by atoms with van der Waals surface area (Å²) >= 11 is 0. The summed E-state index contributed by atoms with van der Waals surface area (Å²) < 4.78 is 5.41. The number of ether oxygens (including phenoxy) is 1. The van der Waals surface area contributed by atoms with Crippen molar-refractivity contribution in [1.29, 1.82) is 0 Å². The minimum atomic E-state index is -0.518. The first-order valence-electron chi connectivity index (χ1n) is 15.3. The molecule has 40 heavy (non-hydrogen) atoms. The Kier molecular flexibility index (Phi) is 8.55. The van der Waals surface area contributed by atoms with Gasteiger partial charge in [0.25, 0.3) is 0 Å². The minimum absolute atomic E-state index is 0.0104. The lowest BCUT2D eigenvalue weighted by molar-refractivity contribution is -0.147. The molecule has 2 heterocycles. The molecule has 1 N–H and O–H groups in total. The quantitative estimate of drug-likeness (QED) is 0.483. The average molecular weight is 546 g/mol. The van der Waals surface area contributed by atoms with Crippen molar-refractivity contribution in [2.75, 3.05) is 33.3 Å². The van der Waals surface area contributed by atoms with Crippen LogP contribution >= 0.6 is 0 Å². The number of amides is 2. The number of rotatable bonds is 7. The van der Waals surface area contributed by atoms with Crippen LogP contribution < -0.4 is 10.1 Å². The maximum Gasteiger partial charge on any atom is 0.233 e. The lowest BCUT2D eigenvalue weighted by Gasteiger charge is -2.47. The van der Waals surface area contributed by atoms with Crippen LogP contribution in [-0.2, 0) is 15.0 Å². The van der Waals surface area contributed by atoms with E-state index in [2.05, 4.69) is 60.2 Å². The Hall–Kier alpha value is -2.86. The molecule has 3 fully saturated rings. The number of piperidine rings is 1. The molecule has 3 aliphatic rings. The topological polar surface area (TPSA) is 61.9 Å². The molecule has 0 unspecified atom stereocenters. The Labute approximate surface area is 240 Å². The SMILES string of the molecule is COc1cccc([C@@H](C)N[C@@H]2CC[C@@H](C(=O)N3CCC(C(=O)N4CCCC4)(c4ccccc4)CC3)C(C)(C)C2)c1. The van der Waals surface area contributed by atoms with E-state index in [-0.39, 0.29) is 29.2 Å². The van der Waals surface area contributed by atoms with Gasteiger partial charge in [-0.1, -0.05) is 56.3 Å². The molecule has 0 aromatic heterocycles. The second-order valence-electron chi connectivity index (χ2n) is 13.0. The van der Waals surface area contributed by atoms with Gasteiger partial charge in [0.05, 0.1) is 12.5 Å². The summed E-state index contributed by atoms with van der Waals surface area (Å²) in [5.74, 6) is 1.43. The molecule has 5 rings (SSSR count). The number of carbonyl (C=O) groups is 2. The van der Waals surface area contributed by atoms with Crippen molar-refractivity contribution < 1.29 is 14.3 Å². The Bertz CT molecular complexity index is 1170. The number of methoxy groups -OCH3 is 1. The number of nitrogens with zero attached hydrogens (tertiary/aromatic N) is 2. The van der Waals surface area contributed by atoms with Crippen LogP contribution in [0, 0.1) is 11.3 Å². The molecule has 6 nitrogen and oxygen atoms in total. The monoisotopic (exact) mass is 545 g/mol. The van der Waals surface area contributed by atoms with Gasteiger partial charge in [-0.15, -0.1) is 0 Å². The first-order valence-corrected chi connectivity index (χ1v) is 15.3. The summed E-state index contributed by atoms with van der Waals surface area (Å²) in [6, 6.07) is 19.1. The number of nitrogens with one attached hydrogen (secondary N) is 1. The fourth-order valence-corrected chi connectivity index (χ4v) is 7.53. The summed E-state index contributed by atoms with van der Waals surface area (Å²) in [7, 11) is 1.70. The van der Waals surface area contributed by atoms with E-state index in [0.29, 0.717) is 32.0 Å². The minimum Gasteiger partial charge on any atom is -0.497 e.